The summed E-state index contributed by atoms with van der Waals surface area (Å²) in [7, 11) is 0. The summed E-state index contributed by atoms with van der Waals surface area (Å²) in [6.45, 7) is 5.05. The van der Waals surface area contributed by atoms with E-state index in [1.165, 1.54) is 24.0 Å². The number of nitrogens with zero attached hydrogens (tertiary/aromatic N) is 1. The predicted octanol–water partition coefficient (Wildman–Crippen LogP) is 4.99. The lowest BCUT2D eigenvalue weighted by molar-refractivity contribution is -0.132. The van der Waals surface area contributed by atoms with Gasteiger partial charge in [-0.25, -0.2) is 4.39 Å². The molecule has 4 rings (SSSR count). The summed E-state index contributed by atoms with van der Waals surface area (Å²) in [5.41, 5.74) is 2.93. The van der Waals surface area contributed by atoms with Gasteiger partial charge in [0.15, 0.2) is 0 Å². The molecule has 1 saturated heterocycles. The number of aliphatic hydroxyl groups excluding tert-OH is 1. The van der Waals surface area contributed by atoms with Gasteiger partial charge in [0, 0.05) is 18.2 Å². The molecule has 0 radical (unpaired) electrons. The minimum atomic E-state index is -0.947. The SMILES string of the molecule is CC(=O)Oc1ccc(C2/C(=C(\O)c3ccc(F)cc3)C(=O)C(=O)N2c2cc(C)cc(C)c2)cc1. The molecule has 0 aliphatic carbocycles. The highest BCUT2D eigenvalue weighted by atomic mass is 19.1. The summed E-state index contributed by atoms with van der Waals surface area (Å²) in [5, 5.41) is 11.1. The van der Waals surface area contributed by atoms with E-state index in [0.29, 0.717) is 17.0 Å². The van der Waals surface area contributed by atoms with Crippen molar-refractivity contribution in [2.24, 2.45) is 0 Å². The second kappa shape index (κ2) is 8.94. The Morgan fingerprint density at radius 1 is 0.941 bits per heavy atom. The van der Waals surface area contributed by atoms with Crippen molar-refractivity contribution in [1.29, 1.82) is 0 Å². The van der Waals surface area contributed by atoms with Crippen LogP contribution in [0.15, 0.2) is 72.3 Å². The Bertz CT molecular complexity index is 1310. The molecular weight excluding hydrogens is 437 g/mol. The smallest absolute Gasteiger partial charge is 0.308 e. The van der Waals surface area contributed by atoms with Gasteiger partial charge in [-0.2, -0.15) is 0 Å². The monoisotopic (exact) mass is 459 g/mol. The normalized spacial score (nSPS) is 17.2. The Kier molecular flexibility index (Phi) is 6.03. The molecule has 3 aromatic rings. The zero-order valence-electron chi connectivity index (χ0n) is 18.8. The van der Waals surface area contributed by atoms with Crippen LogP contribution >= 0.6 is 0 Å². The molecule has 1 heterocycles. The lowest BCUT2D eigenvalue weighted by Crippen LogP contribution is -2.29. The number of carbonyl (C=O) groups is 3. The van der Waals surface area contributed by atoms with Gasteiger partial charge in [-0.15, -0.1) is 0 Å². The molecule has 0 saturated carbocycles. The molecule has 7 heteroatoms. The molecule has 34 heavy (non-hydrogen) atoms. The second-order valence-corrected chi connectivity index (χ2v) is 8.18. The first-order valence-corrected chi connectivity index (χ1v) is 10.6. The van der Waals surface area contributed by atoms with Gasteiger partial charge in [-0.1, -0.05) is 18.2 Å². The number of hydrogen-bond donors (Lipinski definition) is 1. The summed E-state index contributed by atoms with van der Waals surface area (Å²) in [6.07, 6.45) is 0. The molecule has 1 unspecified atom stereocenters. The lowest BCUT2D eigenvalue weighted by atomic mass is 9.95. The standard InChI is InChI=1S/C27H22FNO5/c1-15-12-16(2)14-21(13-15)29-24(18-6-10-22(11-7-18)34-17(3)30)23(26(32)27(29)33)25(31)19-4-8-20(28)9-5-19/h4-14,24,31H,1-3H3/b25-23+. The maximum Gasteiger partial charge on any atom is 0.308 e. The maximum absolute atomic E-state index is 13.4. The van der Waals surface area contributed by atoms with Crippen molar-refractivity contribution in [2.75, 3.05) is 4.90 Å². The summed E-state index contributed by atoms with van der Waals surface area (Å²) in [5.74, 6) is -2.72. The number of rotatable bonds is 4. The third-order valence-corrected chi connectivity index (χ3v) is 5.50. The van der Waals surface area contributed by atoms with E-state index < -0.39 is 35.3 Å². The van der Waals surface area contributed by atoms with Crippen LogP contribution in [-0.4, -0.2) is 22.8 Å². The van der Waals surface area contributed by atoms with Crippen LogP contribution in [0.3, 0.4) is 0 Å². The van der Waals surface area contributed by atoms with E-state index in [1.54, 1.807) is 36.4 Å². The van der Waals surface area contributed by atoms with Gasteiger partial charge >= 0.3 is 5.97 Å². The van der Waals surface area contributed by atoms with Gasteiger partial charge in [0.25, 0.3) is 11.7 Å². The number of esters is 1. The Hall–Kier alpha value is -4.26. The molecule has 3 aromatic carbocycles. The van der Waals surface area contributed by atoms with Crippen LogP contribution < -0.4 is 9.64 Å². The van der Waals surface area contributed by atoms with Crippen molar-refractivity contribution in [3.05, 3.63) is 100 Å². The summed E-state index contributed by atoms with van der Waals surface area (Å²) < 4.78 is 18.5. The quantitative estimate of drug-likeness (QED) is 0.195. The number of hydrogen-bond acceptors (Lipinski definition) is 5. The highest BCUT2D eigenvalue weighted by Gasteiger charge is 2.47. The van der Waals surface area contributed by atoms with E-state index >= 15 is 0 Å². The van der Waals surface area contributed by atoms with Crippen molar-refractivity contribution < 1.29 is 28.6 Å². The average molecular weight is 459 g/mol. The molecule has 1 aliphatic rings. The van der Waals surface area contributed by atoms with Gasteiger partial charge in [-0.05, 0) is 79.1 Å². The zero-order chi connectivity index (χ0) is 24.6. The number of aliphatic hydroxyl groups is 1. The highest BCUT2D eigenvalue weighted by Crippen LogP contribution is 2.42. The number of anilines is 1. The van der Waals surface area contributed by atoms with Gasteiger partial charge in [-0.3, -0.25) is 19.3 Å². The number of ether oxygens (including phenoxy) is 1. The third kappa shape index (κ3) is 4.32. The maximum atomic E-state index is 13.4. The van der Waals surface area contributed by atoms with E-state index in [0.717, 1.165) is 23.3 Å². The van der Waals surface area contributed by atoms with Crippen molar-refractivity contribution in [1.82, 2.24) is 0 Å². The number of benzene rings is 3. The van der Waals surface area contributed by atoms with Crippen LogP contribution in [-0.2, 0) is 14.4 Å². The molecule has 0 spiro atoms. The third-order valence-electron chi connectivity index (χ3n) is 5.50. The first kappa shape index (κ1) is 22.9. The topological polar surface area (TPSA) is 83.9 Å². The molecule has 0 bridgehead atoms. The predicted molar refractivity (Wildman–Crippen MR) is 125 cm³/mol. The van der Waals surface area contributed by atoms with E-state index in [2.05, 4.69) is 0 Å². The van der Waals surface area contributed by atoms with Crippen molar-refractivity contribution in [3.8, 4) is 5.75 Å². The molecule has 172 valence electrons. The first-order chi connectivity index (χ1) is 16.2. The van der Waals surface area contributed by atoms with Crippen LogP contribution in [0.5, 0.6) is 5.75 Å². The first-order valence-electron chi connectivity index (χ1n) is 10.6. The summed E-state index contributed by atoms with van der Waals surface area (Å²) >= 11 is 0. The number of halogens is 1. The number of carbonyl (C=O) groups excluding carboxylic acids is 3. The minimum Gasteiger partial charge on any atom is -0.507 e. The van der Waals surface area contributed by atoms with E-state index in [4.69, 9.17) is 4.74 Å². The van der Waals surface area contributed by atoms with Crippen molar-refractivity contribution >= 4 is 29.1 Å². The number of amides is 1. The van der Waals surface area contributed by atoms with Crippen LogP contribution in [0.2, 0.25) is 0 Å². The van der Waals surface area contributed by atoms with Crippen molar-refractivity contribution in [3.63, 3.8) is 0 Å². The van der Waals surface area contributed by atoms with Crippen molar-refractivity contribution in [2.45, 2.75) is 26.8 Å². The Morgan fingerprint density at radius 3 is 2.09 bits per heavy atom. The highest BCUT2D eigenvalue weighted by molar-refractivity contribution is 6.51. The number of Topliss-reactive ketones (excluding diaryl/α,β-unsaturated/α-hetero) is 1. The Balaban J connectivity index is 1.92. The molecule has 1 amide bonds. The molecule has 0 aromatic heterocycles. The van der Waals surface area contributed by atoms with Crippen LogP contribution in [0.4, 0.5) is 10.1 Å². The number of ketones is 1. The van der Waals surface area contributed by atoms with E-state index in [1.807, 2.05) is 19.9 Å². The second-order valence-electron chi connectivity index (χ2n) is 8.18. The molecular formula is C27H22FNO5. The van der Waals surface area contributed by atoms with E-state index in [-0.39, 0.29) is 11.1 Å². The lowest BCUT2D eigenvalue weighted by Gasteiger charge is -2.26. The average Bonchev–Trinajstić information content (AvgIpc) is 3.04. The molecule has 1 aliphatic heterocycles. The van der Waals surface area contributed by atoms with Crippen LogP contribution in [0, 0.1) is 19.7 Å². The minimum absolute atomic E-state index is 0.115. The van der Waals surface area contributed by atoms with Gasteiger partial charge < -0.3 is 9.84 Å². The molecule has 1 atom stereocenters. The Morgan fingerprint density at radius 2 is 1.53 bits per heavy atom. The van der Waals surface area contributed by atoms with Gasteiger partial charge in [0.1, 0.15) is 17.3 Å². The fourth-order valence-corrected chi connectivity index (χ4v) is 4.15. The Labute approximate surface area is 195 Å². The summed E-state index contributed by atoms with van der Waals surface area (Å²) in [6, 6.07) is 15.9. The number of aryl methyl sites for hydroxylation is 2. The largest absolute Gasteiger partial charge is 0.507 e. The molecule has 1 fully saturated rings. The van der Waals surface area contributed by atoms with Crippen LogP contribution in [0.1, 0.15) is 35.2 Å². The zero-order valence-corrected chi connectivity index (χ0v) is 18.8. The fourth-order valence-electron chi connectivity index (χ4n) is 4.15. The summed E-state index contributed by atoms with van der Waals surface area (Å²) in [4.78, 5) is 39.0. The fraction of sp³-hybridized carbons (Fsp3) is 0.148. The molecule has 1 N–H and O–H groups in total. The molecule has 6 nitrogen and oxygen atoms in total. The van der Waals surface area contributed by atoms with Gasteiger partial charge in [0.2, 0.25) is 0 Å². The van der Waals surface area contributed by atoms with E-state index in [9.17, 15) is 23.9 Å². The van der Waals surface area contributed by atoms with Crippen LogP contribution in [0.25, 0.3) is 5.76 Å². The van der Waals surface area contributed by atoms with Gasteiger partial charge in [0.05, 0.1) is 11.6 Å².